The van der Waals surface area contributed by atoms with E-state index in [1.54, 1.807) is 23.0 Å². The fourth-order valence-corrected chi connectivity index (χ4v) is 10.4. The average molecular weight is 684 g/mol. The number of hydrogen-bond acceptors (Lipinski definition) is 9. The quantitative estimate of drug-likeness (QED) is 0.129. The summed E-state index contributed by atoms with van der Waals surface area (Å²) >= 11 is 5.79. The van der Waals surface area contributed by atoms with E-state index in [1.165, 1.54) is 61.8 Å². The highest BCUT2D eigenvalue weighted by atomic mass is 32.2. The van der Waals surface area contributed by atoms with Crippen molar-refractivity contribution >= 4 is 101 Å². The van der Waals surface area contributed by atoms with Gasteiger partial charge in [0, 0.05) is 28.7 Å². The molecule has 0 spiro atoms. The first-order valence-corrected chi connectivity index (χ1v) is 18.8. The van der Waals surface area contributed by atoms with Crippen molar-refractivity contribution in [1.82, 2.24) is 14.5 Å². The minimum Gasteiger partial charge on any atom is -0.325 e. The Morgan fingerprint density at radius 1 is 0.870 bits per heavy atom. The van der Waals surface area contributed by atoms with E-state index < -0.39 is 0 Å². The molecule has 3 heterocycles. The maximum atomic E-state index is 13.2. The number of amides is 2. The Bertz CT molecular complexity index is 2260. The molecule has 0 saturated carbocycles. The van der Waals surface area contributed by atoms with Crippen molar-refractivity contribution in [3.8, 4) is 0 Å². The lowest BCUT2D eigenvalue weighted by molar-refractivity contribution is -0.114. The second kappa shape index (κ2) is 12.1. The first kappa shape index (κ1) is 29.7. The van der Waals surface area contributed by atoms with E-state index in [1.807, 2.05) is 24.3 Å². The highest BCUT2D eigenvalue weighted by molar-refractivity contribution is 8.01. The number of hydrogen-bond donors (Lipinski definition) is 2. The van der Waals surface area contributed by atoms with Crippen molar-refractivity contribution in [1.29, 1.82) is 0 Å². The van der Waals surface area contributed by atoms with Crippen LogP contribution in [-0.2, 0) is 42.3 Å². The summed E-state index contributed by atoms with van der Waals surface area (Å²) in [6.07, 6.45) is 6.31. The van der Waals surface area contributed by atoms with Crippen LogP contribution in [-0.4, -0.2) is 37.9 Å². The molecule has 8 nitrogen and oxygen atoms in total. The second-order valence-corrected chi connectivity index (χ2v) is 15.9. The smallest absolute Gasteiger partial charge is 0.262 e. The molecule has 3 aromatic carbocycles. The number of thioether (sulfide) groups is 2. The molecule has 0 aliphatic heterocycles. The number of aryl methyl sites for hydroxylation is 4. The van der Waals surface area contributed by atoms with Crippen molar-refractivity contribution in [3.63, 3.8) is 0 Å². The number of thiophene rings is 1. The summed E-state index contributed by atoms with van der Waals surface area (Å²) in [5.74, 6) is 0.133. The third-order valence-corrected chi connectivity index (χ3v) is 13.0. The largest absolute Gasteiger partial charge is 0.325 e. The van der Waals surface area contributed by atoms with Gasteiger partial charge in [-0.3, -0.25) is 19.0 Å². The summed E-state index contributed by atoms with van der Waals surface area (Å²) in [5.41, 5.74) is 6.17. The zero-order chi connectivity index (χ0) is 31.4. The molecule has 2 amide bonds. The fourth-order valence-electron chi connectivity index (χ4n) is 6.44. The number of carbonyl (C=O) groups excluding carboxylic acids is 2. The van der Waals surface area contributed by atoms with Crippen LogP contribution in [0.5, 0.6) is 0 Å². The van der Waals surface area contributed by atoms with Crippen LogP contribution < -0.4 is 16.2 Å². The third-order valence-electron chi connectivity index (χ3n) is 8.62. The minimum atomic E-state index is -0.178. The van der Waals surface area contributed by atoms with Crippen molar-refractivity contribution < 1.29 is 9.59 Å². The van der Waals surface area contributed by atoms with Gasteiger partial charge in [0.15, 0.2) is 9.50 Å². The number of rotatable bonds is 8. The zero-order valence-corrected chi connectivity index (χ0v) is 28.2. The predicted octanol–water partition coefficient (Wildman–Crippen LogP) is 7.20. The van der Waals surface area contributed by atoms with E-state index >= 15 is 0 Å². The fraction of sp³-hybridized carbons (Fsp3) is 0.265. The summed E-state index contributed by atoms with van der Waals surface area (Å²) in [7, 11) is 1.73. The lowest BCUT2D eigenvalue weighted by Crippen LogP contribution is -2.21. The molecule has 0 bridgehead atoms. The molecule has 232 valence electrons. The summed E-state index contributed by atoms with van der Waals surface area (Å²) in [5, 5.41) is 9.74. The van der Waals surface area contributed by atoms with Gasteiger partial charge < -0.3 is 10.6 Å². The minimum absolute atomic E-state index is 0.0321. The number of carbonyl (C=O) groups is 2. The monoisotopic (exact) mass is 683 g/mol. The van der Waals surface area contributed by atoms with Crippen molar-refractivity contribution in [2.75, 3.05) is 22.1 Å². The highest BCUT2D eigenvalue weighted by Crippen LogP contribution is 2.37. The van der Waals surface area contributed by atoms with Gasteiger partial charge in [0.1, 0.15) is 4.83 Å². The summed E-state index contributed by atoms with van der Waals surface area (Å²) in [4.78, 5) is 50.5. The summed E-state index contributed by atoms with van der Waals surface area (Å²) in [6.45, 7) is 0. The van der Waals surface area contributed by atoms with E-state index in [4.69, 9.17) is 4.98 Å². The van der Waals surface area contributed by atoms with Crippen LogP contribution in [0.4, 0.5) is 11.4 Å². The summed E-state index contributed by atoms with van der Waals surface area (Å²) in [6, 6.07) is 16.1. The molecule has 3 aromatic heterocycles. The second-order valence-electron chi connectivity index (χ2n) is 11.6. The van der Waals surface area contributed by atoms with Crippen LogP contribution in [0.3, 0.4) is 0 Å². The SMILES string of the molecule is Cn1c(SCC(=O)Nc2ccc3nc(SCC(=O)Nc4ccc5c6c(cccc46)CC5)sc3c2)nc2sc3c(c2c1=O)CCCC3. The predicted molar refractivity (Wildman–Crippen MR) is 191 cm³/mol. The topological polar surface area (TPSA) is 106 Å². The molecule has 8 rings (SSSR count). The van der Waals surface area contributed by atoms with Gasteiger partial charge >= 0.3 is 0 Å². The Kier molecular flexibility index (Phi) is 7.83. The van der Waals surface area contributed by atoms with Crippen LogP contribution in [0.2, 0.25) is 0 Å². The van der Waals surface area contributed by atoms with E-state index in [0.717, 1.165) is 74.4 Å². The third kappa shape index (κ3) is 5.51. The standard InChI is InChI=1S/C34H29N5O3S4/c1-39-32(42)30-22-6-2-3-8-25(22)45-31(30)38-33(39)43-16-27(40)35-20-12-14-24-26(15-20)46-34(37-24)44-17-28(41)36-23-13-11-19-10-9-18-5-4-7-21(23)29(18)19/h4-5,7,11-15H,2-3,6,8-10,16-17H2,1H3,(H,35,40)(H,36,41). The number of thiazole rings is 1. The average Bonchev–Trinajstić information content (AvgIpc) is 3.77. The number of nitrogens with zero attached hydrogens (tertiary/aromatic N) is 3. The molecule has 0 saturated heterocycles. The Balaban J connectivity index is 0.894. The molecule has 0 radical (unpaired) electrons. The first-order chi connectivity index (χ1) is 22.4. The van der Waals surface area contributed by atoms with Gasteiger partial charge in [-0.2, -0.15) is 0 Å². The van der Waals surface area contributed by atoms with Crippen LogP contribution in [0.15, 0.2) is 62.8 Å². The summed E-state index contributed by atoms with van der Waals surface area (Å²) < 4.78 is 3.29. The first-order valence-electron chi connectivity index (χ1n) is 15.2. The maximum Gasteiger partial charge on any atom is 0.262 e. The highest BCUT2D eigenvalue weighted by Gasteiger charge is 2.22. The number of fused-ring (bicyclic) bond motifs is 4. The molecule has 2 aliphatic carbocycles. The normalized spacial score (nSPS) is 13.8. The van der Waals surface area contributed by atoms with Gasteiger partial charge in [-0.1, -0.05) is 47.8 Å². The molecule has 0 atom stereocenters. The number of nitrogens with one attached hydrogen (secondary N) is 2. The molecule has 6 aromatic rings. The number of benzene rings is 3. The Hall–Kier alpha value is -3.71. The molecule has 2 N–H and O–H groups in total. The van der Waals surface area contributed by atoms with Crippen molar-refractivity contribution in [2.45, 2.75) is 48.0 Å². The van der Waals surface area contributed by atoms with Gasteiger partial charge in [0.05, 0.1) is 27.1 Å². The van der Waals surface area contributed by atoms with Crippen molar-refractivity contribution in [2.24, 2.45) is 7.05 Å². The number of aromatic nitrogens is 3. The molecule has 2 aliphatic rings. The molecule has 0 unspecified atom stereocenters. The molecular formula is C34H29N5O3S4. The Morgan fingerprint density at radius 3 is 2.57 bits per heavy atom. The van der Waals surface area contributed by atoms with Crippen LogP contribution in [0.1, 0.15) is 34.4 Å². The lowest BCUT2D eigenvalue weighted by Gasteiger charge is -2.11. The van der Waals surface area contributed by atoms with Crippen molar-refractivity contribution in [3.05, 3.63) is 80.5 Å². The maximum absolute atomic E-state index is 13.2. The molecular weight excluding hydrogens is 655 g/mol. The van der Waals surface area contributed by atoms with Crippen LogP contribution >= 0.6 is 46.2 Å². The van der Waals surface area contributed by atoms with Crippen LogP contribution in [0.25, 0.3) is 31.2 Å². The molecule has 46 heavy (non-hydrogen) atoms. The van der Waals surface area contributed by atoms with E-state index in [-0.39, 0.29) is 28.9 Å². The van der Waals surface area contributed by atoms with Gasteiger partial charge in [-0.05, 0) is 84.9 Å². The van der Waals surface area contributed by atoms with E-state index in [0.29, 0.717) is 10.8 Å². The van der Waals surface area contributed by atoms with E-state index in [2.05, 4.69) is 39.9 Å². The van der Waals surface area contributed by atoms with Gasteiger partial charge in [-0.15, -0.1) is 22.7 Å². The van der Waals surface area contributed by atoms with E-state index in [9.17, 15) is 14.4 Å². The van der Waals surface area contributed by atoms with Crippen LogP contribution in [0, 0.1) is 0 Å². The van der Waals surface area contributed by atoms with Gasteiger partial charge in [0.25, 0.3) is 5.56 Å². The molecule has 12 heteroatoms. The van der Waals surface area contributed by atoms with Gasteiger partial charge in [0.2, 0.25) is 11.8 Å². The van der Waals surface area contributed by atoms with Gasteiger partial charge in [-0.25, -0.2) is 9.97 Å². The molecule has 0 fully saturated rings. The Morgan fingerprint density at radius 2 is 1.67 bits per heavy atom. The zero-order valence-electron chi connectivity index (χ0n) is 25.0. The lowest BCUT2D eigenvalue weighted by atomic mass is 9.97. The Labute approximate surface area is 281 Å². The number of anilines is 2.